The lowest BCUT2D eigenvalue weighted by Crippen LogP contribution is -2.56. The third-order valence-electron chi connectivity index (χ3n) is 4.16. The van der Waals surface area contributed by atoms with Gasteiger partial charge in [-0.2, -0.15) is 0 Å². The Morgan fingerprint density at radius 3 is 2.33 bits per heavy atom. The second-order valence-corrected chi connectivity index (χ2v) is 5.57. The van der Waals surface area contributed by atoms with Gasteiger partial charge in [-0.05, 0) is 32.4 Å². The summed E-state index contributed by atoms with van der Waals surface area (Å²) in [5, 5.41) is 6.10. The van der Waals surface area contributed by atoms with Crippen LogP contribution in [0.2, 0.25) is 0 Å². The van der Waals surface area contributed by atoms with Crippen LogP contribution in [0.25, 0.3) is 0 Å². The van der Waals surface area contributed by atoms with E-state index in [1.807, 2.05) is 44.2 Å². The first-order valence-corrected chi connectivity index (χ1v) is 7.46. The highest BCUT2D eigenvalue weighted by Gasteiger charge is 2.37. The maximum Gasteiger partial charge on any atom is 0.240 e. The summed E-state index contributed by atoms with van der Waals surface area (Å²) in [6, 6.07) is 9.80. The molecule has 1 unspecified atom stereocenters. The molecule has 0 aliphatic heterocycles. The smallest absolute Gasteiger partial charge is 0.240 e. The molecule has 1 amide bonds. The van der Waals surface area contributed by atoms with E-state index in [0.29, 0.717) is 19.4 Å². The molecule has 4 nitrogen and oxygen atoms in total. The molecule has 0 saturated heterocycles. The highest BCUT2D eigenvalue weighted by Crippen LogP contribution is 2.22. The van der Waals surface area contributed by atoms with Crippen molar-refractivity contribution in [2.75, 3.05) is 7.05 Å². The Morgan fingerprint density at radius 2 is 1.86 bits per heavy atom. The van der Waals surface area contributed by atoms with Crippen LogP contribution in [-0.4, -0.2) is 24.3 Å². The predicted octanol–water partition coefficient (Wildman–Crippen LogP) is 2.29. The Bertz CT molecular complexity index is 467. The van der Waals surface area contributed by atoms with Crippen LogP contribution in [0, 0.1) is 5.92 Å². The summed E-state index contributed by atoms with van der Waals surface area (Å²) in [7, 11) is 1.78. The van der Waals surface area contributed by atoms with Crippen molar-refractivity contribution in [2.24, 2.45) is 5.92 Å². The van der Waals surface area contributed by atoms with Crippen LogP contribution in [0.4, 0.5) is 0 Å². The Morgan fingerprint density at radius 1 is 1.24 bits per heavy atom. The molecule has 0 saturated carbocycles. The maximum atomic E-state index is 12.6. The van der Waals surface area contributed by atoms with E-state index in [9.17, 15) is 9.59 Å². The van der Waals surface area contributed by atoms with Gasteiger partial charge in [0.15, 0.2) is 0 Å². The first kappa shape index (κ1) is 17.4. The predicted molar refractivity (Wildman–Crippen MR) is 84.8 cm³/mol. The highest BCUT2D eigenvalue weighted by atomic mass is 16.2. The summed E-state index contributed by atoms with van der Waals surface area (Å²) in [5.74, 6) is -0.0803. The third kappa shape index (κ3) is 4.67. The van der Waals surface area contributed by atoms with E-state index < -0.39 is 5.54 Å². The first-order valence-electron chi connectivity index (χ1n) is 7.46. The number of nitrogens with one attached hydrogen (secondary N) is 2. The quantitative estimate of drug-likeness (QED) is 0.772. The molecule has 0 heterocycles. The lowest BCUT2D eigenvalue weighted by atomic mass is 9.83. The van der Waals surface area contributed by atoms with Gasteiger partial charge in [-0.3, -0.25) is 9.59 Å². The molecule has 0 fully saturated rings. The molecule has 0 spiro atoms. The molecule has 4 heteroatoms. The van der Waals surface area contributed by atoms with Gasteiger partial charge < -0.3 is 10.6 Å². The lowest BCUT2D eigenvalue weighted by molar-refractivity contribution is -0.129. The van der Waals surface area contributed by atoms with E-state index >= 15 is 0 Å². The standard InChI is InChI=1S/C17H26N2O2/c1-5-17(18-4,11-13(2)14(3)20)16(21)19-12-15-9-7-6-8-10-15/h6-10,13,18H,5,11-12H2,1-4H3,(H,19,21)/t13-,17?/m0/s1. The van der Waals surface area contributed by atoms with Gasteiger partial charge >= 0.3 is 0 Å². The molecule has 2 atom stereocenters. The number of likely N-dealkylation sites (N-methyl/N-ethyl adjacent to an activating group) is 1. The molecule has 1 rings (SSSR count). The van der Waals surface area contributed by atoms with Crippen LogP contribution >= 0.6 is 0 Å². The summed E-state index contributed by atoms with van der Waals surface area (Å²) < 4.78 is 0. The van der Waals surface area contributed by atoms with Gasteiger partial charge in [0, 0.05) is 12.5 Å². The van der Waals surface area contributed by atoms with Crippen molar-refractivity contribution in [1.82, 2.24) is 10.6 Å². The fraction of sp³-hybridized carbons (Fsp3) is 0.529. The zero-order valence-corrected chi connectivity index (χ0v) is 13.4. The maximum absolute atomic E-state index is 12.6. The molecule has 1 aromatic carbocycles. The fourth-order valence-corrected chi connectivity index (χ4v) is 2.40. The third-order valence-corrected chi connectivity index (χ3v) is 4.16. The number of Topliss-reactive ketones (excluding diaryl/α,β-unsaturated/α-hetero) is 1. The number of carbonyl (C=O) groups excluding carboxylic acids is 2. The molecule has 0 aliphatic rings. The molecule has 0 radical (unpaired) electrons. The number of hydrogen-bond acceptors (Lipinski definition) is 3. The Labute approximate surface area is 127 Å². The molecule has 0 bridgehead atoms. The van der Waals surface area contributed by atoms with Crippen LogP contribution in [0.3, 0.4) is 0 Å². The van der Waals surface area contributed by atoms with Crippen LogP contribution in [-0.2, 0) is 16.1 Å². The van der Waals surface area contributed by atoms with Gasteiger partial charge in [-0.15, -0.1) is 0 Å². The molecular formula is C17H26N2O2. The van der Waals surface area contributed by atoms with Crippen molar-refractivity contribution in [2.45, 2.75) is 45.7 Å². The van der Waals surface area contributed by atoms with Gasteiger partial charge in [0.25, 0.3) is 0 Å². The van der Waals surface area contributed by atoms with E-state index in [1.165, 1.54) is 0 Å². The van der Waals surface area contributed by atoms with E-state index in [2.05, 4.69) is 10.6 Å². The number of benzene rings is 1. The highest BCUT2D eigenvalue weighted by molar-refractivity contribution is 5.87. The van der Waals surface area contributed by atoms with Crippen molar-refractivity contribution in [3.63, 3.8) is 0 Å². The van der Waals surface area contributed by atoms with E-state index in [0.717, 1.165) is 5.56 Å². The number of amides is 1. The van der Waals surface area contributed by atoms with Gasteiger partial charge in [-0.25, -0.2) is 0 Å². The minimum atomic E-state index is -0.695. The van der Waals surface area contributed by atoms with Gasteiger partial charge in [0.1, 0.15) is 5.78 Å². The summed E-state index contributed by atoms with van der Waals surface area (Å²) in [6.07, 6.45) is 1.15. The van der Waals surface area contributed by atoms with Crippen LogP contribution in [0.5, 0.6) is 0 Å². The topological polar surface area (TPSA) is 58.2 Å². The summed E-state index contributed by atoms with van der Waals surface area (Å²) >= 11 is 0. The molecule has 116 valence electrons. The number of carbonyl (C=O) groups is 2. The average molecular weight is 290 g/mol. The summed E-state index contributed by atoms with van der Waals surface area (Å²) in [5.41, 5.74) is 0.367. The van der Waals surface area contributed by atoms with E-state index in [1.54, 1.807) is 14.0 Å². The molecule has 0 aromatic heterocycles. The second-order valence-electron chi connectivity index (χ2n) is 5.57. The number of rotatable bonds is 8. The molecule has 21 heavy (non-hydrogen) atoms. The zero-order valence-electron chi connectivity index (χ0n) is 13.4. The first-order chi connectivity index (χ1) is 9.95. The minimum absolute atomic E-state index is 0.0514. The number of hydrogen-bond donors (Lipinski definition) is 2. The Balaban J connectivity index is 2.74. The molecule has 1 aromatic rings. The Kier molecular flexibility index (Phi) is 6.56. The van der Waals surface area contributed by atoms with Gasteiger partial charge in [-0.1, -0.05) is 44.2 Å². The Hall–Kier alpha value is -1.68. The molecule has 0 aliphatic carbocycles. The normalized spacial score (nSPS) is 15.0. The van der Waals surface area contributed by atoms with Crippen LogP contribution < -0.4 is 10.6 Å². The lowest BCUT2D eigenvalue weighted by Gasteiger charge is -2.33. The van der Waals surface area contributed by atoms with Crippen molar-refractivity contribution in [3.8, 4) is 0 Å². The largest absolute Gasteiger partial charge is 0.350 e. The van der Waals surface area contributed by atoms with Crippen LogP contribution in [0.15, 0.2) is 30.3 Å². The van der Waals surface area contributed by atoms with Gasteiger partial charge in [0.2, 0.25) is 5.91 Å². The summed E-state index contributed by atoms with van der Waals surface area (Å²) in [6.45, 7) is 5.90. The van der Waals surface area contributed by atoms with E-state index in [-0.39, 0.29) is 17.6 Å². The molecular weight excluding hydrogens is 264 g/mol. The fourth-order valence-electron chi connectivity index (χ4n) is 2.40. The monoisotopic (exact) mass is 290 g/mol. The van der Waals surface area contributed by atoms with Crippen LogP contribution in [0.1, 0.15) is 39.2 Å². The minimum Gasteiger partial charge on any atom is -0.350 e. The van der Waals surface area contributed by atoms with Crippen molar-refractivity contribution < 1.29 is 9.59 Å². The van der Waals surface area contributed by atoms with E-state index in [4.69, 9.17) is 0 Å². The summed E-state index contributed by atoms with van der Waals surface area (Å²) in [4.78, 5) is 24.1. The molecule has 2 N–H and O–H groups in total. The number of ketones is 1. The zero-order chi connectivity index (χ0) is 15.9. The average Bonchev–Trinajstić information content (AvgIpc) is 2.51. The van der Waals surface area contributed by atoms with Crippen molar-refractivity contribution in [3.05, 3.63) is 35.9 Å². The van der Waals surface area contributed by atoms with Crippen molar-refractivity contribution in [1.29, 1.82) is 0 Å². The second kappa shape index (κ2) is 7.93. The van der Waals surface area contributed by atoms with Crippen molar-refractivity contribution >= 4 is 11.7 Å². The van der Waals surface area contributed by atoms with Gasteiger partial charge in [0.05, 0.1) is 5.54 Å². The SMILES string of the molecule is CCC(C[C@H](C)C(C)=O)(NC)C(=O)NCc1ccccc1.